The molecule has 26 heavy (non-hydrogen) atoms. The van der Waals surface area contributed by atoms with Gasteiger partial charge in [0.15, 0.2) is 28.1 Å². The van der Waals surface area contributed by atoms with Crippen LogP contribution in [0.2, 0.25) is 26.2 Å². The topological polar surface area (TPSA) is 68.3 Å². The summed E-state index contributed by atoms with van der Waals surface area (Å²) in [5.41, 5.74) is 0. The average Bonchev–Trinajstić information content (AvgIpc) is 2.54. The molecule has 0 saturated carbocycles. The van der Waals surface area contributed by atoms with Gasteiger partial charge in [0.1, 0.15) is 16.1 Å². The van der Waals surface area contributed by atoms with E-state index in [0.29, 0.717) is 0 Å². The summed E-state index contributed by atoms with van der Waals surface area (Å²) in [6, 6.07) is 18.5. The van der Waals surface area contributed by atoms with Crippen LogP contribution in [0.1, 0.15) is 0 Å². The zero-order valence-electron chi connectivity index (χ0n) is 15.4. The normalized spacial score (nSPS) is 24.6. The number of sulfone groups is 2. The fourth-order valence-corrected chi connectivity index (χ4v) is 29.2. The standard InChI is InChI=1S/C18H24O4S2Si2/c1-25(2,15-11-7-5-8-12-15)17-23(19,20)18(24(17,21)22)26(3,4)16-13-9-6-10-14-16/h5-14,17-18H,1-4H3. The zero-order valence-corrected chi connectivity index (χ0v) is 19.0. The first-order valence-electron chi connectivity index (χ1n) is 8.51. The highest BCUT2D eigenvalue weighted by Gasteiger charge is 2.71. The van der Waals surface area contributed by atoms with E-state index in [-0.39, 0.29) is 0 Å². The van der Waals surface area contributed by atoms with Gasteiger partial charge in [-0.05, 0) is 0 Å². The predicted octanol–water partition coefficient (Wildman–Crippen LogP) is 1.79. The van der Waals surface area contributed by atoms with E-state index in [2.05, 4.69) is 0 Å². The van der Waals surface area contributed by atoms with Crippen LogP contribution in [-0.2, 0) is 19.7 Å². The minimum atomic E-state index is -3.75. The fraction of sp³-hybridized carbons (Fsp3) is 0.333. The minimum Gasteiger partial charge on any atom is -0.227 e. The van der Waals surface area contributed by atoms with Crippen molar-refractivity contribution in [1.29, 1.82) is 0 Å². The Morgan fingerprint density at radius 3 is 1.12 bits per heavy atom. The third-order valence-corrected chi connectivity index (χ3v) is 28.0. The lowest BCUT2D eigenvalue weighted by atomic mass is 10.4. The summed E-state index contributed by atoms with van der Waals surface area (Å²) < 4.78 is 50.7. The first kappa shape index (κ1) is 19.5. The highest BCUT2D eigenvalue weighted by Crippen LogP contribution is 2.43. The van der Waals surface area contributed by atoms with E-state index in [4.69, 9.17) is 0 Å². The van der Waals surface area contributed by atoms with Gasteiger partial charge in [-0.3, -0.25) is 0 Å². The molecule has 0 amide bonds. The van der Waals surface area contributed by atoms with Crippen molar-refractivity contribution in [2.24, 2.45) is 0 Å². The van der Waals surface area contributed by atoms with Crippen LogP contribution < -0.4 is 10.4 Å². The van der Waals surface area contributed by atoms with Crippen molar-refractivity contribution in [2.45, 2.75) is 34.6 Å². The zero-order chi connectivity index (χ0) is 19.4. The Labute approximate surface area is 158 Å². The summed E-state index contributed by atoms with van der Waals surface area (Å²) in [6.07, 6.45) is 0. The van der Waals surface area contributed by atoms with Gasteiger partial charge < -0.3 is 0 Å². The van der Waals surface area contributed by atoms with Crippen LogP contribution in [0.5, 0.6) is 0 Å². The van der Waals surface area contributed by atoms with Crippen molar-refractivity contribution in [3.05, 3.63) is 60.7 Å². The van der Waals surface area contributed by atoms with Gasteiger partial charge in [-0.2, -0.15) is 0 Å². The van der Waals surface area contributed by atoms with Crippen LogP contribution in [0.3, 0.4) is 0 Å². The largest absolute Gasteiger partial charge is 0.227 e. The van der Waals surface area contributed by atoms with Crippen LogP contribution in [0.15, 0.2) is 60.7 Å². The molecule has 2 aromatic carbocycles. The molecule has 0 spiro atoms. The van der Waals surface area contributed by atoms with Crippen LogP contribution in [0.4, 0.5) is 0 Å². The monoisotopic (exact) mass is 424 g/mol. The van der Waals surface area contributed by atoms with Gasteiger partial charge in [-0.25, -0.2) is 16.8 Å². The number of hydrogen-bond donors (Lipinski definition) is 0. The number of benzene rings is 2. The van der Waals surface area contributed by atoms with Gasteiger partial charge in [0.2, 0.25) is 0 Å². The Morgan fingerprint density at radius 1 is 0.577 bits per heavy atom. The molecule has 4 nitrogen and oxygen atoms in total. The van der Waals surface area contributed by atoms with E-state index in [1.165, 1.54) is 0 Å². The lowest BCUT2D eigenvalue weighted by molar-refractivity contribution is 0.568. The van der Waals surface area contributed by atoms with E-state index in [0.717, 1.165) is 10.4 Å². The van der Waals surface area contributed by atoms with Gasteiger partial charge in [0.25, 0.3) is 0 Å². The Bertz CT molecular complexity index is 910. The smallest absolute Gasteiger partial charge is 0.179 e. The van der Waals surface area contributed by atoms with Crippen molar-refractivity contribution in [3.8, 4) is 0 Å². The highest BCUT2D eigenvalue weighted by atomic mass is 32.3. The highest BCUT2D eigenvalue weighted by molar-refractivity contribution is 8.29. The first-order chi connectivity index (χ1) is 11.9. The Hall–Kier alpha value is -1.23. The number of hydrogen-bond acceptors (Lipinski definition) is 4. The van der Waals surface area contributed by atoms with Crippen molar-refractivity contribution < 1.29 is 16.8 Å². The molecule has 0 radical (unpaired) electrons. The molecule has 1 aliphatic heterocycles. The lowest BCUT2D eigenvalue weighted by Crippen LogP contribution is -2.77. The maximum atomic E-state index is 13.3. The number of rotatable bonds is 4. The third-order valence-electron chi connectivity index (χ3n) is 5.41. The van der Waals surface area contributed by atoms with Crippen LogP contribution in [0, 0.1) is 0 Å². The molecule has 2 aromatic rings. The molecule has 0 N–H and O–H groups in total. The summed E-state index contributed by atoms with van der Waals surface area (Å²) >= 11 is 0. The molecule has 1 aliphatic rings. The first-order valence-corrected chi connectivity index (χ1v) is 17.9. The molecule has 3 rings (SSSR count). The van der Waals surface area contributed by atoms with Gasteiger partial charge in [0, 0.05) is 0 Å². The lowest BCUT2D eigenvalue weighted by Gasteiger charge is -2.48. The summed E-state index contributed by atoms with van der Waals surface area (Å²) in [5, 5.41) is 1.71. The Balaban J connectivity index is 2.10. The second kappa shape index (κ2) is 6.15. The third kappa shape index (κ3) is 2.74. The summed E-state index contributed by atoms with van der Waals surface area (Å²) in [4.78, 5) is 0. The van der Waals surface area contributed by atoms with Crippen LogP contribution >= 0.6 is 0 Å². The molecular formula is C18H24O4S2Si2. The molecule has 0 atom stereocenters. The summed E-state index contributed by atoms with van der Waals surface area (Å²) in [6.45, 7) is 7.37. The Kier molecular flexibility index (Phi) is 4.62. The molecular weight excluding hydrogens is 401 g/mol. The molecule has 0 unspecified atom stereocenters. The van der Waals surface area contributed by atoms with Gasteiger partial charge >= 0.3 is 0 Å². The van der Waals surface area contributed by atoms with Gasteiger partial charge in [-0.15, -0.1) is 0 Å². The van der Waals surface area contributed by atoms with Crippen molar-refractivity contribution in [2.75, 3.05) is 0 Å². The molecule has 1 fully saturated rings. The average molecular weight is 425 g/mol. The molecule has 1 heterocycles. The van der Waals surface area contributed by atoms with E-state index >= 15 is 0 Å². The second-order valence-electron chi connectivity index (χ2n) is 8.02. The summed E-state index contributed by atoms with van der Waals surface area (Å²) in [5.74, 6) is 0. The van der Waals surface area contributed by atoms with Crippen molar-refractivity contribution in [3.63, 3.8) is 0 Å². The maximum absolute atomic E-state index is 13.3. The van der Waals surface area contributed by atoms with E-state index in [1.54, 1.807) is 0 Å². The van der Waals surface area contributed by atoms with Gasteiger partial charge in [0.05, 0.1) is 0 Å². The molecule has 0 bridgehead atoms. The van der Waals surface area contributed by atoms with E-state index in [9.17, 15) is 16.8 Å². The van der Waals surface area contributed by atoms with Crippen LogP contribution in [-0.4, -0.2) is 41.4 Å². The second-order valence-corrected chi connectivity index (χ2v) is 23.7. The van der Waals surface area contributed by atoms with Crippen LogP contribution in [0.25, 0.3) is 0 Å². The van der Waals surface area contributed by atoms with E-state index in [1.807, 2.05) is 86.9 Å². The molecule has 1 saturated heterocycles. The summed E-state index contributed by atoms with van der Waals surface area (Å²) in [7, 11) is -13.0. The predicted molar refractivity (Wildman–Crippen MR) is 113 cm³/mol. The molecule has 8 heteroatoms. The molecule has 0 aromatic heterocycles. The Morgan fingerprint density at radius 2 is 0.846 bits per heavy atom. The molecule has 140 valence electrons. The quantitative estimate of drug-likeness (QED) is 0.702. The van der Waals surface area contributed by atoms with Gasteiger partial charge in [-0.1, -0.05) is 97.2 Å². The van der Waals surface area contributed by atoms with E-state index < -0.39 is 44.2 Å². The molecule has 0 aliphatic carbocycles. The SMILES string of the molecule is C[Si](C)(c1ccccc1)C1S(=O)(=O)C([Si](C)(C)c2ccccc2)S1(=O)=O. The maximum Gasteiger partial charge on any atom is 0.179 e. The van der Waals surface area contributed by atoms with Crippen molar-refractivity contribution in [1.82, 2.24) is 0 Å². The van der Waals surface area contributed by atoms with Crippen molar-refractivity contribution >= 4 is 46.2 Å². The fourth-order valence-electron chi connectivity index (χ4n) is 4.19. The minimum absolute atomic E-state index is 0.856.